The first kappa shape index (κ1) is 13.2. The van der Waals surface area contributed by atoms with Gasteiger partial charge in [-0.15, -0.1) is 0 Å². The largest absolute Gasteiger partial charge is 0.496 e. The molecule has 0 aliphatic carbocycles. The number of rotatable bonds is 6. The zero-order chi connectivity index (χ0) is 13.7. The molecule has 5 nitrogen and oxygen atoms in total. The highest BCUT2D eigenvalue weighted by molar-refractivity contribution is 5.91. The van der Waals surface area contributed by atoms with Crippen LogP contribution in [-0.2, 0) is 18.0 Å². The van der Waals surface area contributed by atoms with Crippen LogP contribution in [0.4, 0.5) is 0 Å². The molecule has 19 heavy (non-hydrogen) atoms. The van der Waals surface area contributed by atoms with Crippen LogP contribution in [-0.4, -0.2) is 18.2 Å². The average molecular weight is 262 g/mol. The lowest BCUT2D eigenvalue weighted by molar-refractivity contribution is 0.0692. The molecule has 100 valence electrons. The van der Waals surface area contributed by atoms with Gasteiger partial charge in [-0.2, -0.15) is 0 Å². The van der Waals surface area contributed by atoms with E-state index in [4.69, 9.17) is 19.0 Å². The second kappa shape index (κ2) is 6.06. The first-order valence-electron chi connectivity index (χ1n) is 5.71. The Kier molecular flexibility index (Phi) is 4.20. The molecule has 0 saturated heterocycles. The van der Waals surface area contributed by atoms with E-state index < -0.39 is 5.97 Å². The van der Waals surface area contributed by atoms with Crippen molar-refractivity contribution in [3.05, 3.63) is 53.5 Å². The van der Waals surface area contributed by atoms with Gasteiger partial charge in [-0.25, -0.2) is 4.79 Å². The number of methoxy groups -OCH3 is 1. The standard InChI is InChI=1S/C14H14O5/c1-17-13-5-4-10(7-12(13)14(15)16)8-18-9-11-3-2-6-19-11/h2-7H,8-9H2,1H3,(H,15,16). The molecule has 0 unspecified atom stereocenters. The van der Waals surface area contributed by atoms with Crippen LogP contribution in [0, 0.1) is 0 Å². The molecule has 0 radical (unpaired) electrons. The Hall–Kier alpha value is -2.27. The molecular weight excluding hydrogens is 248 g/mol. The molecule has 1 heterocycles. The van der Waals surface area contributed by atoms with Crippen molar-refractivity contribution in [2.75, 3.05) is 7.11 Å². The lowest BCUT2D eigenvalue weighted by Crippen LogP contribution is -2.02. The van der Waals surface area contributed by atoms with Crippen molar-refractivity contribution >= 4 is 5.97 Å². The number of carboxylic acids is 1. The van der Waals surface area contributed by atoms with Gasteiger partial charge in [-0.1, -0.05) is 6.07 Å². The van der Waals surface area contributed by atoms with Gasteiger partial charge in [0.05, 0.1) is 20.0 Å². The van der Waals surface area contributed by atoms with Crippen LogP contribution in [0.5, 0.6) is 5.75 Å². The first-order valence-corrected chi connectivity index (χ1v) is 5.71. The van der Waals surface area contributed by atoms with Gasteiger partial charge < -0.3 is 19.0 Å². The lowest BCUT2D eigenvalue weighted by Gasteiger charge is -2.08. The van der Waals surface area contributed by atoms with E-state index in [1.807, 2.05) is 6.07 Å². The minimum Gasteiger partial charge on any atom is -0.496 e. The van der Waals surface area contributed by atoms with Crippen molar-refractivity contribution in [2.24, 2.45) is 0 Å². The highest BCUT2D eigenvalue weighted by atomic mass is 16.5. The smallest absolute Gasteiger partial charge is 0.339 e. The third kappa shape index (κ3) is 3.35. The number of aromatic carboxylic acids is 1. The van der Waals surface area contributed by atoms with E-state index in [-0.39, 0.29) is 5.56 Å². The molecular formula is C14H14O5. The Labute approximate surface area is 110 Å². The summed E-state index contributed by atoms with van der Waals surface area (Å²) in [5, 5.41) is 9.06. The van der Waals surface area contributed by atoms with Gasteiger partial charge in [-0.05, 0) is 29.8 Å². The number of hydrogen-bond acceptors (Lipinski definition) is 4. The zero-order valence-corrected chi connectivity index (χ0v) is 10.5. The highest BCUT2D eigenvalue weighted by Crippen LogP contribution is 2.20. The summed E-state index contributed by atoms with van der Waals surface area (Å²) in [6, 6.07) is 8.54. The number of hydrogen-bond donors (Lipinski definition) is 1. The predicted molar refractivity (Wildman–Crippen MR) is 67.2 cm³/mol. The molecule has 0 spiro atoms. The maximum absolute atomic E-state index is 11.1. The predicted octanol–water partition coefficient (Wildman–Crippen LogP) is 2.70. The molecule has 0 saturated carbocycles. The highest BCUT2D eigenvalue weighted by Gasteiger charge is 2.11. The number of furan rings is 1. The number of carboxylic acid groups (broad SMARTS) is 1. The Morgan fingerprint density at radius 3 is 2.79 bits per heavy atom. The normalized spacial score (nSPS) is 10.4. The summed E-state index contributed by atoms with van der Waals surface area (Å²) in [5.74, 6) is 0.0407. The molecule has 1 N–H and O–H groups in total. The molecule has 5 heteroatoms. The monoisotopic (exact) mass is 262 g/mol. The van der Waals surface area contributed by atoms with Gasteiger partial charge in [0.2, 0.25) is 0 Å². The summed E-state index contributed by atoms with van der Waals surface area (Å²) < 4.78 is 15.6. The molecule has 0 aliphatic rings. The van der Waals surface area contributed by atoms with Gasteiger partial charge >= 0.3 is 5.97 Å². The number of ether oxygens (including phenoxy) is 2. The SMILES string of the molecule is COc1ccc(COCc2ccco2)cc1C(=O)O. The summed E-state index contributed by atoms with van der Waals surface area (Å²) in [5.41, 5.74) is 0.895. The molecule has 0 atom stereocenters. The van der Waals surface area contributed by atoms with Crippen LogP contribution in [0.25, 0.3) is 0 Å². The van der Waals surface area contributed by atoms with Gasteiger partial charge in [0.25, 0.3) is 0 Å². The fraction of sp³-hybridized carbons (Fsp3) is 0.214. The van der Waals surface area contributed by atoms with Crippen molar-refractivity contribution in [3.8, 4) is 5.75 Å². The Balaban J connectivity index is 2.00. The van der Waals surface area contributed by atoms with E-state index in [2.05, 4.69) is 0 Å². The quantitative estimate of drug-likeness (QED) is 0.866. The van der Waals surface area contributed by atoms with Gasteiger partial charge in [-0.3, -0.25) is 0 Å². The van der Waals surface area contributed by atoms with Crippen LogP contribution in [0.1, 0.15) is 21.7 Å². The van der Waals surface area contributed by atoms with Crippen LogP contribution in [0.15, 0.2) is 41.0 Å². The van der Waals surface area contributed by atoms with E-state index in [1.165, 1.54) is 7.11 Å². The summed E-state index contributed by atoms with van der Waals surface area (Å²) in [4.78, 5) is 11.1. The summed E-state index contributed by atoms with van der Waals surface area (Å²) in [6.07, 6.45) is 1.58. The lowest BCUT2D eigenvalue weighted by atomic mass is 10.1. The second-order valence-corrected chi connectivity index (χ2v) is 3.91. The fourth-order valence-electron chi connectivity index (χ4n) is 1.68. The third-order valence-electron chi connectivity index (χ3n) is 2.59. The molecule has 1 aromatic heterocycles. The van der Waals surface area contributed by atoms with E-state index >= 15 is 0 Å². The van der Waals surface area contributed by atoms with Crippen molar-refractivity contribution in [1.82, 2.24) is 0 Å². The summed E-state index contributed by atoms with van der Waals surface area (Å²) in [6.45, 7) is 0.659. The first-order chi connectivity index (χ1) is 9.20. The van der Waals surface area contributed by atoms with Gasteiger partial charge in [0.1, 0.15) is 23.7 Å². The molecule has 0 amide bonds. The molecule has 0 aliphatic heterocycles. The van der Waals surface area contributed by atoms with Crippen LogP contribution in [0.3, 0.4) is 0 Å². The topological polar surface area (TPSA) is 68.9 Å². The maximum Gasteiger partial charge on any atom is 0.339 e. The van der Waals surface area contributed by atoms with Crippen molar-refractivity contribution in [2.45, 2.75) is 13.2 Å². The summed E-state index contributed by atoms with van der Waals surface area (Å²) >= 11 is 0. The van der Waals surface area contributed by atoms with Gasteiger partial charge in [0, 0.05) is 0 Å². The zero-order valence-electron chi connectivity index (χ0n) is 10.5. The van der Waals surface area contributed by atoms with Crippen LogP contribution >= 0.6 is 0 Å². The molecule has 2 rings (SSSR count). The minimum atomic E-state index is -1.02. The van der Waals surface area contributed by atoms with E-state index in [0.717, 1.165) is 11.3 Å². The van der Waals surface area contributed by atoms with Crippen molar-refractivity contribution in [1.29, 1.82) is 0 Å². The second-order valence-electron chi connectivity index (χ2n) is 3.91. The molecule has 0 fully saturated rings. The van der Waals surface area contributed by atoms with Crippen LogP contribution < -0.4 is 4.74 Å². The Morgan fingerprint density at radius 1 is 1.32 bits per heavy atom. The van der Waals surface area contributed by atoms with Crippen molar-refractivity contribution in [3.63, 3.8) is 0 Å². The molecule has 0 bridgehead atoms. The van der Waals surface area contributed by atoms with E-state index in [9.17, 15) is 4.79 Å². The average Bonchev–Trinajstić information content (AvgIpc) is 2.91. The third-order valence-corrected chi connectivity index (χ3v) is 2.59. The maximum atomic E-state index is 11.1. The van der Waals surface area contributed by atoms with Crippen molar-refractivity contribution < 1.29 is 23.8 Å². The number of benzene rings is 1. The Bertz CT molecular complexity index is 545. The summed E-state index contributed by atoms with van der Waals surface area (Å²) in [7, 11) is 1.44. The minimum absolute atomic E-state index is 0.126. The number of carbonyl (C=O) groups is 1. The van der Waals surface area contributed by atoms with Crippen LogP contribution in [0.2, 0.25) is 0 Å². The molecule has 2 aromatic rings. The fourth-order valence-corrected chi connectivity index (χ4v) is 1.68. The van der Waals surface area contributed by atoms with E-state index in [0.29, 0.717) is 19.0 Å². The Morgan fingerprint density at radius 2 is 2.16 bits per heavy atom. The van der Waals surface area contributed by atoms with E-state index in [1.54, 1.807) is 30.5 Å². The molecule has 1 aromatic carbocycles. The van der Waals surface area contributed by atoms with Gasteiger partial charge in [0.15, 0.2) is 0 Å².